The van der Waals surface area contributed by atoms with Gasteiger partial charge in [0.1, 0.15) is 5.78 Å². The summed E-state index contributed by atoms with van der Waals surface area (Å²) in [7, 11) is 0. The van der Waals surface area contributed by atoms with Crippen LogP contribution in [0.2, 0.25) is 0 Å². The van der Waals surface area contributed by atoms with Crippen molar-refractivity contribution < 1.29 is 14.1 Å². The standard InChI is InChI=1S/C13H20N2O3/c1-2-17-8-7-12-14-13(18-15-12)9-11(16)10-5-3-4-6-10/h10H,2-9H2,1H3. The number of Topliss-reactive ketones (excluding diaryl/α,β-unsaturated/α-hetero) is 1. The largest absolute Gasteiger partial charge is 0.381 e. The Hall–Kier alpha value is -1.23. The lowest BCUT2D eigenvalue weighted by atomic mass is 10.0. The Bertz CT molecular complexity index is 383. The first-order valence-corrected chi connectivity index (χ1v) is 6.71. The molecule has 0 atom stereocenters. The fraction of sp³-hybridized carbons (Fsp3) is 0.769. The van der Waals surface area contributed by atoms with E-state index in [0.29, 0.717) is 31.3 Å². The molecule has 100 valence electrons. The lowest BCUT2D eigenvalue weighted by Gasteiger charge is -2.04. The summed E-state index contributed by atoms with van der Waals surface area (Å²) in [6.07, 6.45) is 5.29. The Morgan fingerprint density at radius 3 is 2.94 bits per heavy atom. The Morgan fingerprint density at radius 2 is 2.22 bits per heavy atom. The fourth-order valence-corrected chi connectivity index (χ4v) is 2.31. The van der Waals surface area contributed by atoms with Crippen LogP contribution in [-0.2, 0) is 22.4 Å². The molecule has 0 unspecified atom stereocenters. The van der Waals surface area contributed by atoms with Crippen molar-refractivity contribution >= 4 is 5.78 Å². The van der Waals surface area contributed by atoms with Crippen molar-refractivity contribution in [2.75, 3.05) is 13.2 Å². The topological polar surface area (TPSA) is 65.2 Å². The second-order valence-corrected chi connectivity index (χ2v) is 4.68. The molecule has 1 aliphatic carbocycles. The molecule has 0 N–H and O–H groups in total. The molecule has 0 radical (unpaired) electrons. The van der Waals surface area contributed by atoms with Crippen molar-refractivity contribution in [1.82, 2.24) is 10.1 Å². The zero-order valence-electron chi connectivity index (χ0n) is 10.9. The third-order valence-electron chi connectivity index (χ3n) is 3.32. The third kappa shape index (κ3) is 3.63. The molecular weight excluding hydrogens is 232 g/mol. The highest BCUT2D eigenvalue weighted by molar-refractivity contribution is 5.82. The quantitative estimate of drug-likeness (QED) is 0.694. The monoisotopic (exact) mass is 252 g/mol. The Kier molecular flexibility index (Phi) is 4.87. The van der Waals surface area contributed by atoms with Crippen LogP contribution in [0, 0.1) is 5.92 Å². The number of hydrogen-bond donors (Lipinski definition) is 0. The molecule has 1 aliphatic rings. The SMILES string of the molecule is CCOCCc1noc(CC(=O)C2CCCC2)n1. The molecule has 0 saturated heterocycles. The summed E-state index contributed by atoms with van der Waals surface area (Å²) in [4.78, 5) is 16.1. The minimum Gasteiger partial charge on any atom is -0.381 e. The van der Waals surface area contributed by atoms with Gasteiger partial charge in [-0.05, 0) is 19.8 Å². The van der Waals surface area contributed by atoms with E-state index in [9.17, 15) is 4.79 Å². The summed E-state index contributed by atoms with van der Waals surface area (Å²) in [5, 5.41) is 3.85. The van der Waals surface area contributed by atoms with Gasteiger partial charge in [-0.3, -0.25) is 4.79 Å². The van der Waals surface area contributed by atoms with Crippen molar-refractivity contribution in [3.05, 3.63) is 11.7 Å². The molecule has 0 aromatic carbocycles. The molecule has 0 spiro atoms. The summed E-state index contributed by atoms with van der Waals surface area (Å²) in [6.45, 7) is 3.22. The lowest BCUT2D eigenvalue weighted by molar-refractivity contribution is -0.122. The fourth-order valence-electron chi connectivity index (χ4n) is 2.31. The number of nitrogens with zero attached hydrogens (tertiary/aromatic N) is 2. The maximum Gasteiger partial charge on any atom is 0.234 e. The van der Waals surface area contributed by atoms with Gasteiger partial charge < -0.3 is 9.26 Å². The van der Waals surface area contributed by atoms with Gasteiger partial charge in [-0.25, -0.2) is 0 Å². The van der Waals surface area contributed by atoms with E-state index in [1.807, 2.05) is 6.92 Å². The molecule has 18 heavy (non-hydrogen) atoms. The van der Waals surface area contributed by atoms with Gasteiger partial charge in [-0.15, -0.1) is 0 Å². The van der Waals surface area contributed by atoms with Crippen molar-refractivity contribution in [2.24, 2.45) is 5.92 Å². The molecule has 0 bridgehead atoms. The number of ether oxygens (including phenoxy) is 1. The smallest absolute Gasteiger partial charge is 0.234 e. The molecule has 5 heteroatoms. The van der Waals surface area contributed by atoms with Crippen LogP contribution in [0.1, 0.15) is 44.3 Å². The van der Waals surface area contributed by atoms with Crippen molar-refractivity contribution in [3.63, 3.8) is 0 Å². The van der Waals surface area contributed by atoms with Gasteiger partial charge >= 0.3 is 0 Å². The molecule has 5 nitrogen and oxygen atoms in total. The van der Waals surface area contributed by atoms with E-state index >= 15 is 0 Å². The van der Waals surface area contributed by atoms with Crippen LogP contribution in [0.25, 0.3) is 0 Å². The van der Waals surface area contributed by atoms with E-state index in [1.165, 1.54) is 12.8 Å². The number of rotatable bonds is 7. The van der Waals surface area contributed by atoms with Crippen LogP contribution in [0.3, 0.4) is 0 Å². The van der Waals surface area contributed by atoms with Gasteiger partial charge in [0.25, 0.3) is 0 Å². The van der Waals surface area contributed by atoms with Crippen LogP contribution in [0.15, 0.2) is 4.52 Å². The van der Waals surface area contributed by atoms with Crippen LogP contribution in [-0.4, -0.2) is 29.1 Å². The number of aromatic nitrogens is 2. The van der Waals surface area contributed by atoms with Gasteiger partial charge in [-0.2, -0.15) is 4.98 Å². The van der Waals surface area contributed by atoms with Crippen LogP contribution < -0.4 is 0 Å². The zero-order valence-corrected chi connectivity index (χ0v) is 10.9. The Morgan fingerprint density at radius 1 is 1.44 bits per heavy atom. The number of ketones is 1. The molecule has 1 saturated carbocycles. The highest BCUT2D eigenvalue weighted by Gasteiger charge is 2.24. The highest BCUT2D eigenvalue weighted by Crippen LogP contribution is 2.26. The van der Waals surface area contributed by atoms with Crippen molar-refractivity contribution in [1.29, 1.82) is 0 Å². The normalized spacial score (nSPS) is 16.3. The van der Waals surface area contributed by atoms with Gasteiger partial charge in [0, 0.05) is 18.9 Å². The maximum absolute atomic E-state index is 11.9. The van der Waals surface area contributed by atoms with Crippen LogP contribution in [0.5, 0.6) is 0 Å². The molecule has 2 rings (SSSR count). The summed E-state index contributed by atoms with van der Waals surface area (Å²) in [5.41, 5.74) is 0. The van der Waals surface area contributed by atoms with E-state index < -0.39 is 0 Å². The van der Waals surface area contributed by atoms with Gasteiger partial charge in [0.2, 0.25) is 5.89 Å². The van der Waals surface area contributed by atoms with Gasteiger partial charge in [0.15, 0.2) is 5.82 Å². The molecule has 0 aliphatic heterocycles. The first-order chi connectivity index (χ1) is 8.79. The van der Waals surface area contributed by atoms with Crippen LogP contribution in [0.4, 0.5) is 0 Å². The molecule has 1 heterocycles. The predicted molar refractivity (Wildman–Crippen MR) is 65.2 cm³/mol. The minimum absolute atomic E-state index is 0.212. The van der Waals surface area contributed by atoms with Gasteiger partial charge in [0.05, 0.1) is 13.0 Å². The average molecular weight is 252 g/mol. The zero-order chi connectivity index (χ0) is 12.8. The summed E-state index contributed by atoms with van der Waals surface area (Å²) in [5.74, 6) is 1.52. The summed E-state index contributed by atoms with van der Waals surface area (Å²) >= 11 is 0. The van der Waals surface area contributed by atoms with Crippen molar-refractivity contribution in [3.8, 4) is 0 Å². The molecule has 1 fully saturated rings. The molecule has 1 aromatic heterocycles. The number of carbonyl (C=O) groups excluding carboxylic acids is 1. The first-order valence-electron chi connectivity index (χ1n) is 6.71. The molecular formula is C13H20N2O3. The van der Waals surface area contributed by atoms with E-state index in [2.05, 4.69) is 10.1 Å². The number of carbonyl (C=O) groups is 1. The lowest BCUT2D eigenvalue weighted by Crippen LogP contribution is -2.13. The van der Waals surface area contributed by atoms with E-state index in [-0.39, 0.29) is 18.1 Å². The molecule has 0 amide bonds. The van der Waals surface area contributed by atoms with Gasteiger partial charge in [-0.1, -0.05) is 18.0 Å². The third-order valence-corrected chi connectivity index (χ3v) is 3.32. The van der Waals surface area contributed by atoms with E-state index in [4.69, 9.17) is 9.26 Å². The summed E-state index contributed by atoms with van der Waals surface area (Å²) in [6, 6.07) is 0. The highest BCUT2D eigenvalue weighted by atomic mass is 16.5. The van der Waals surface area contributed by atoms with E-state index in [0.717, 1.165) is 12.8 Å². The second kappa shape index (κ2) is 6.64. The van der Waals surface area contributed by atoms with Crippen LogP contribution >= 0.6 is 0 Å². The summed E-state index contributed by atoms with van der Waals surface area (Å²) < 4.78 is 10.3. The minimum atomic E-state index is 0.212. The van der Waals surface area contributed by atoms with Crippen molar-refractivity contribution in [2.45, 2.75) is 45.4 Å². The Labute approximate surface area is 107 Å². The predicted octanol–water partition coefficient (Wildman–Crippen LogP) is 1.95. The molecule has 1 aromatic rings. The Balaban J connectivity index is 1.80. The maximum atomic E-state index is 11.9. The number of hydrogen-bond acceptors (Lipinski definition) is 5. The average Bonchev–Trinajstić information content (AvgIpc) is 3.00. The van der Waals surface area contributed by atoms with E-state index in [1.54, 1.807) is 0 Å². The second-order valence-electron chi connectivity index (χ2n) is 4.68. The first kappa shape index (κ1) is 13.2.